The monoisotopic (exact) mass is 509 g/mol. The summed E-state index contributed by atoms with van der Waals surface area (Å²) in [7, 11) is 0. The summed E-state index contributed by atoms with van der Waals surface area (Å²) < 4.78 is 8.56. The number of rotatable bonds is 1. The number of benzene rings is 3. The summed E-state index contributed by atoms with van der Waals surface area (Å²) in [6.07, 6.45) is 1.83. The molecule has 3 aliphatic rings. The van der Waals surface area contributed by atoms with Gasteiger partial charge in [0.25, 0.3) is 0 Å². The van der Waals surface area contributed by atoms with Gasteiger partial charge in [0.15, 0.2) is 0 Å². The molecular formula is C29H19NO3Se. The van der Waals surface area contributed by atoms with Crippen molar-refractivity contribution in [3.05, 3.63) is 105 Å². The van der Waals surface area contributed by atoms with Gasteiger partial charge in [-0.1, -0.05) is 0 Å². The normalized spacial score (nSPS) is 16.4. The van der Waals surface area contributed by atoms with Crippen molar-refractivity contribution in [2.24, 2.45) is 0 Å². The van der Waals surface area contributed by atoms with Gasteiger partial charge in [0.2, 0.25) is 0 Å². The fourth-order valence-electron chi connectivity index (χ4n) is 5.29. The summed E-state index contributed by atoms with van der Waals surface area (Å²) in [6.45, 7) is 4.47. The molecule has 7 rings (SSSR count). The predicted octanol–water partition coefficient (Wildman–Crippen LogP) is 6.42. The van der Waals surface area contributed by atoms with E-state index < -0.39 is 0 Å². The van der Waals surface area contributed by atoms with Gasteiger partial charge >= 0.3 is 203 Å². The Morgan fingerprint density at radius 1 is 0.824 bits per heavy atom. The molecule has 1 aliphatic carbocycles. The average molecular weight is 508 g/mol. The van der Waals surface area contributed by atoms with Crippen molar-refractivity contribution >= 4 is 48.1 Å². The van der Waals surface area contributed by atoms with Crippen LogP contribution in [-0.4, -0.2) is 26.1 Å². The van der Waals surface area contributed by atoms with Crippen molar-refractivity contribution in [2.75, 3.05) is 4.90 Å². The van der Waals surface area contributed by atoms with Crippen LogP contribution in [0.5, 0.6) is 11.5 Å². The second-order valence-electron chi connectivity index (χ2n) is 9.31. The van der Waals surface area contributed by atoms with Crippen molar-refractivity contribution in [3.63, 3.8) is 0 Å². The van der Waals surface area contributed by atoms with Gasteiger partial charge in [-0.15, -0.1) is 0 Å². The maximum atomic E-state index is 13.0. The molecule has 1 aromatic heterocycles. The molecule has 0 saturated heterocycles. The Bertz CT molecular complexity index is 1570. The zero-order valence-corrected chi connectivity index (χ0v) is 20.3. The molecule has 3 aromatic carbocycles. The fourth-order valence-corrected chi connectivity index (χ4v) is 7.98. The topological polar surface area (TPSA) is 46.6 Å². The number of ketones is 2. The zero-order chi connectivity index (χ0) is 23.2. The molecule has 0 bridgehead atoms. The Hall–Kier alpha value is -3.66. The van der Waals surface area contributed by atoms with E-state index in [1.165, 1.54) is 15.7 Å². The minimum atomic E-state index is -0.235. The Labute approximate surface area is 202 Å². The predicted molar refractivity (Wildman–Crippen MR) is 133 cm³/mol. The summed E-state index contributed by atoms with van der Waals surface area (Å²) in [5.41, 5.74) is 5.60. The molecule has 0 amide bonds. The number of carbonyl (C=O) groups is 2. The van der Waals surface area contributed by atoms with Crippen molar-refractivity contribution in [3.8, 4) is 11.5 Å². The Kier molecular flexibility index (Phi) is 3.89. The molecular weight excluding hydrogens is 489 g/mol. The van der Waals surface area contributed by atoms with Gasteiger partial charge in [0.1, 0.15) is 0 Å². The second-order valence-corrected chi connectivity index (χ2v) is 11.5. The number of hydrogen-bond donors (Lipinski definition) is 0. The summed E-state index contributed by atoms with van der Waals surface area (Å²) in [4.78, 5) is 28.3. The minimum absolute atomic E-state index is 0.0792. The zero-order valence-electron chi connectivity index (χ0n) is 18.6. The van der Waals surface area contributed by atoms with Crippen molar-refractivity contribution in [1.82, 2.24) is 0 Å². The van der Waals surface area contributed by atoms with Gasteiger partial charge in [0.05, 0.1) is 0 Å². The van der Waals surface area contributed by atoms with Crippen LogP contribution in [0.4, 0.5) is 15.9 Å². The number of anilines is 3. The molecule has 0 atom stereocenters. The van der Waals surface area contributed by atoms with Crippen LogP contribution >= 0.6 is 0 Å². The number of nitrogens with zero attached hydrogens (tertiary/aromatic N) is 1. The van der Waals surface area contributed by atoms with E-state index in [1.807, 2.05) is 36.4 Å². The molecule has 0 fully saturated rings. The van der Waals surface area contributed by atoms with Crippen molar-refractivity contribution in [1.29, 1.82) is 0 Å². The molecule has 4 nitrogen and oxygen atoms in total. The fraction of sp³-hybridized carbons (Fsp3) is 0.103. The number of Topliss-reactive ketones (excluding diaryl/α,β-unsaturated/α-hetero) is 2. The first-order valence-corrected chi connectivity index (χ1v) is 12.9. The van der Waals surface area contributed by atoms with Crippen LogP contribution < -0.4 is 9.64 Å². The van der Waals surface area contributed by atoms with Crippen molar-refractivity contribution < 1.29 is 14.3 Å². The SMILES string of the molecule is CC1(C)c2cc(C=C3C(=O)c4ccccc4C3=O)[se]c2N2c3ccccc3Oc3cccc1c32. The first-order valence-electron chi connectivity index (χ1n) is 11.2. The summed E-state index contributed by atoms with van der Waals surface area (Å²) in [6, 6.07) is 23.6. The maximum absolute atomic E-state index is 13.0. The van der Waals surface area contributed by atoms with E-state index in [0.29, 0.717) is 11.1 Å². The summed E-state index contributed by atoms with van der Waals surface area (Å²) in [5, 5.41) is 0. The number of fused-ring (bicyclic) bond motifs is 5. The molecule has 4 aromatic rings. The van der Waals surface area contributed by atoms with Gasteiger partial charge in [-0.05, 0) is 0 Å². The number of carbonyl (C=O) groups excluding carboxylic acids is 2. The first kappa shape index (κ1) is 19.8. The third-order valence-corrected chi connectivity index (χ3v) is 9.26. The van der Waals surface area contributed by atoms with Crippen LogP contribution in [0, 0.1) is 0 Å². The number of hydrogen-bond acceptors (Lipinski definition) is 4. The van der Waals surface area contributed by atoms with Crippen LogP contribution in [0.15, 0.2) is 78.4 Å². The molecule has 0 N–H and O–H groups in total. The quantitative estimate of drug-likeness (QED) is 0.149. The third-order valence-electron chi connectivity index (χ3n) is 7.02. The van der Waals surface area contributed by atoms with Crippen LogP contribution in [0.1, 0.15) is 50.1 Å². The molecule has 164 valence electrons. The van der Waals surface area contributed by atoms with E-state index in [-0.39, 0.29) is 37.1 Å². The molecule has 2 aliphatic heterocycles. The standard InChI is InChI=1S/C29H19NO3Se/c1-29(2)20-10-7-13-24-25(20)30(22-11-5-6-12-23(22)33-24)28-21(29)15-16(34-28)14-19-26(31)17-8-3-4-9-18(17)27(19)32/h3-15H,1-2H3. The Morgan fingerprint density at radius 3 is 2.26 bits per heavy atom. The molecule has 0 spiro atoms. The Balaban J connectivity index is 1.44. The Morgan fingerprint density at radius 2 is 1.50 bits per heavy atom. The number of ether oxygens (including phenoxy) is 1. The van der Waals surface area contributed by atoms with E-state index >= 15 is 0 Å². The van der Waals surface area contributed by atoms with E-state index in [2.05, 4.69) is 36.9 Å². The van der Waals surface area contributed by atoms with E-state index in [4.69, 9.17) is 4.74 Å². The molecule has 0 saturated carbocycles. The number of allylic oxidation sites excluding steroid dienone is 1. The molecule has 0 unspecified atom stereocenters. The summed E-state index contributed by atoms with van der Waals surface area (Å²) >= 11 is -0.0792. The van der Waals surface area contributed by atoms with Gasteiger partial charge in [-0.2, -0.15) is 0 Å². The van der Waals surface area contributed by atoms with E-state index in [9.17, 15) is 9.59 Å². The van der Waals surface area contributed by atoms with Crippen molar-refractivity contribution in [2.45, 2.75) is 19.3 Å². The molecule has 5 heteroatoms. The van der Waals surface area contributed by atoms with Gasteiger partial charge in [0, 0.05) is 0 Å². The first-order chi connectivity index (χ1) is 16.4. The molecule has 3 heterocycles. The molecule has 34 heavy (non-hydrogen) atoms. The molecule has 0 radical (unpaired) electrons. The van der Waals surface area contributed by atoms with Gasteiger partial charge in [-0.3, -0.25) is 0 Å². The van der Waals surface area contributed by atoms with Gasteiger partial charge < -0.3 is 0 Å². The van der Waals surface area contributed by atoms with Crippen LogP contribution in [0.2, 0.25) is 0 Å². The van der Waals surface area contributed by atoms with Crippen LogP contribution in [0.25, 0.3) is 6.08 Å². The summed E-state index contributed by atoms with van der Waals surface area (Å²) in [5.74, 6) is 1.33. The average Bonchev–Trinajstić information content (AvgIpc) is 3.38. The third kappa shape index (κ3) is 2.48. The van der Waals surface area contributed by atoms with E-state index in [0.717, 1.165) is 27.3 Å². The van der Waals surface area contributed by atoms with E-state index in [1.54, 1.807) is 24.3 Å². The number of para-hydroxylation sites is 3. The van der Waals surface area contributed by atoms with Crippen LogP contribution in [-0.2, 0) is 5.41 Å². The van der Waals surface area contributed by atoms with Gasteiger partial charge in [-0.25, -0.2) is 0 Å². The second kappa shape index (κ2) is 6.69. The van der Waals surface area contributed by atoms with Crippen LogP contribution in [0.3, 0.4) is 0 Å².